The first-order valence-electron chi connectivity index (χ1n) is 31.1. The Morgan fingerprint density at radius 3 is 0.907 bits per heavy atom. The fraction of sp³-hybridized carbons (Fsp3) is 0.950. The SMILES string of the molecule is CCCCCCCCCCCCCCCCCCn1cc[n+](CCCCCCCCCCCCCCCCCC)c1CCCCCCCCCCCCCCCCC.O=S(=O)(O)C(F)(F)C(F)(F)C(F)(F)C(F)(F)F. The second-order valence-corrected chi connectivity index (χ2v) is 23.5. The van der Waals surface area contributed by atoms with Crippen LogP contribution in [0.1, 0.15) is 328 Å². The van der Waals surface area contributed by atoms with Crippen molar-refractivity contribution in [1.29, 1.82) is 0 Å². The van der Waals surface area contributed by atoms with E-state index >= 15 is 0 Å². The molecule has 448 valence electrons. The molecule has 0 unspecified atom stereocenters. The largest absolute Gasteiger partial charge is 0.460 e. The average molecular weight is 1110 g/mol. The molecule has 1 aromatic heterocycles. The van der Waals surface area contributed by atoms with Gasteiger partial charge in [0, 0.05) is 6.42 Å². The van der Waals surface area contributed by atoms with Crippen LogP contribution >= 0.6 is 0 Å². The zero-order valence-electron chi connectivity index (χ0n) is 48.0. The number of halogens is 9. The molecule has 0 radical (unpaired) electrons. The minimum atomic E-state index is -7.37. The van der Waals surface area contributed by atoms with Crippen LogP contribution in [0.15, 0.2) is 12.4 Å². The summed E-state index contributed by atoms with van der Waals surface area (Å²) in [6.45, 7) is 9.42. The van der Waals surface area contributed by atoms with Gasteiger partial charge in [-0.05, 0) is 32.1 Å². The maximum absolute atomic E-state index is 12.2. The number of aryl methyl sites for hydroxylation is 2. The Bertz CT molecular complexity index is 1470. The lowest BCUT2D eigenvalue weighted by Crippen LogP contribution is -2.63. The van der Waals surface area contributed by atoms with Crippen LogP contribution in [0, 0.1) is 0 Å². The second kappa shape index (κ2) is 46.3. The molecular formula is C60H112F9N2O3S+. The maximum Gasteiger partial charge on any atom is 0.460 e. The molecular weight excluding hydrogens is 1000 g/mol. The van der Waals surface area contributed by atoms with E-state index in [1.807, 2.05) is 0 Å². The standard InChI is InChI=1S/C56H111N2.C4HF9O3S/c1-4-7-10-13-16-19-22-25-28-31-34-37-40-43-46-49-52-57-54-55-58(53-50-47-44-41-38-35-32-29-26-23-20-17-14-11-8-5-2)56(57)51-48-45-42-39-36-33-30-27-24-21-18-15-12-9-6-3;5-1(6,3(9,10)11)2(7,8)4(12,13)17(14,15)16/h54-55H,4-53H2,1-3H3;(H,14,15,16)/q+1;. The molecule has 0 saturated carbocycles. The Labute approximate surface area is 453 Å². The van der Waals surface area contributed by atoms with Gasteiger partial charge in [-0.15, -0.1) is 0 Å². The van der Waals surface area contributed by atoms with Crippen LogP contribution in [0.5, 0.6) is 0 Å². The number of aromatic nitrogens is 2. The molecule has 1 N–H and O–H groups in total. The Kier molecular flexibility index (Phi) is 45.3. The van der Waals surface area contributed by atoms with E-state index in [-0.39, 0.29) is 0 Å². The van der Waals surface area contributed by atoms with Crippen molar-refractivity contribution in [2.75, 3.05) is 0 Å². The third-order valence-electron chi connectivity index (χ3n) is 15.0. The number of nitrogens with zero attached hydrogens (tertiary/aromatic N) is 2. The van der Waals surface area contributed by atoms with Gasteiger partial charge in [-0.25, -0.2) is 9.13 Å². The zero-order chi connectivity index (χ0) is 56.0. The molecule has 0 amide bonds. The molecule has 0 aliphatic carbocycles. The van der Waals surface area contributed by atoms with Gasteiger partial charge in [0.25, 0.3) is 5.82 Å². The predicted molar refractivity (Wildman–Crippen MR) is 295 cm³/mol. The van der Waals surface area contributed by atoms with Gasteiger partial charge in [-0.2, -0.15) is 47.9 Å². The van der Waals surface area contributed by atoms with E-state index in [0.717, 1.165) is 0 Å². The van der Waals surface area contributed by atoms with E-state index in [4.69, 9.17) is 4.55 Å². The predicted octanol–water partition coefficient (Wildman–Crippen LogP) is 22.0. The molecule has 0 aliphatic heterocycles. The first-order valence-corrected chi connectivity index (χ1v) is 32.5. The third-order valence-corrected chi connectivity index (χ3v) is 15.9. The van der Waals surface area contributed by atoms with Gasteiger partial charge in [-0.1, -0.05) is 290 Å². The Morgan fingerprint density at radius 2 is 0.640 bits per heavy atom. The molecule has 1 heterocycles. The molecule has 0 fully saturated rings. The third kappa shape index (κ3) is 35.7. The topological polar surface area (TPSA) is 63.2 Å². The van der Waals surface area contributed by atoms with Crippen LogP contribution in [0.3, 0.4) is 0 Å². The summed E-state index contributed by atoms with van der Waals surface area (Å²) in [6.07, 6.45) is 67.1. The van der Waals surface area contributed by atoms with Gasteiger partial charge in [0.2, 0.25) is 0 Å². The number of alkyl halides is 9. The Hall–Kier alpha value is -1.51. The summed E-state index contributed by atoms with van der Waals surface area (Å²) in [4.78, 5) is 0. The summed E-state index contributed by atoms with van der Waals surface area (Å²) in [5, 5.41) is -7.00. The smallest absolute Gasteiger partial charge is 0.281 e. The van der Waals surface area contributed by atoms with E-state index in [9.17, 15) is 47.9 Å². The lowest BCUT2D eigenvalue weighted by molar-refractivity contribution is -0.704. The number of hydrogen-bond donors (Lipinski definition) is 1. The van der Waals surface area contributed by atoms with Crippen molar-refractivity contribution in [3.63, 3.8) is 0 Å². The molecule has 1 aromatic rings. The molecule has 0 aromatic carbocycles. The lowest BCUT2D eigenvalue weighted by Gasteiger charge is -2.31. The summed E-state index contributed by atoms with van der Waals surface area (Å²) in [5.74, 6) is -13.1. The van der Waals surface area contributed by atoms with E-state index in [1.54, 1.807) is 5.82 Å². The van der Waals surface area contributed by atoms with Gasteiger partial charge in [0.1, 0.15) is 12.4 Å². The number of imidazole rings is 1. The fourth-order valence-corrected chi connectivity index (χ4v) is 10.5. The summed E-state index contributed by atoms with van der Waals surface area (Å²) < 4.78 is 139. The van der Waals surface area contributed by atoms with Crippen LogP contribution in [0.2, 0.25) is 0 Å². The van der Waals surface area contributed by atoms with Crippen molar-refractivity contribution in [2.24, 2.45) is 0 Å². The Morgan fingerprint density at radius 1 is 0.387 bits per heavy atom. The van der Waals surface area contributed by atoms with Gasteiger partial charge in [-0.3, -0.25) is 4.55 Å². The van der Waals surface area contributed by atoms with Crippen molar-refractivity contribution in [2.45, 2.75) is 365 Å². The first-order chi connectivity index (χ1) is 35.8. The van der Waals surface area contributed by atoms with Gasteiger partial charge < -0.3 is 0 Å². The average Bonchev–Trinajstić information content (AvgIpc) is 3.74. The van der Waals surface area contributed by atoms with E-state index < -0.39 is 33.4 Å². The molecule has 0 saturated heterocycles. The van der Waals surface area contributed by atoms with E-state index in [0.29, 0.717) is 0 Å². The molecule has 15 heteroatoms. The van der Waals surface area contributed by atoms with Gasteiger partial charge in [0.15, 0.2) is 0 Å². The van der Waals surface area contributed by atoms with Gasteiger partial charge >= 0.3 is 33.4 Å². The van der Waals surface area contributed by atoms with Crippen molar-refractivity contribution in [3.05, 3.63) is 18.2 Å². The zero-order valence-corrected chi connectivity index (χ0v) is 48.8. The second-order valence-electron chi connectivity index (χ2n) is 22.0. The molecule has 0 aliphatic rings. The summed E-state index contributed by atoms with van der Waals surface area (Å²) >= 11 is 0. The highest BCUT2D eigenvalue weighted by atomic mass is 32.2. The summed E-state index contributed by atoms with van der Waals surface area (Å²) in [7, 11) is -7.17. The normalized spacial score (nSPS) is 12.7. The molecule has 0 spiro atoms. The maximum atomic E-state index is 12.2. The quantitative estimate of drug-likeness (QED) is 0.0306. The van der Waals surface area contributed by atoms with E-state index in [1.165, 1.54) is 321 Å². The minimum absolute atomic E-state index is 1.23. The van der Waals surface area contributed by atoms with Crippen LogP contribution in [-0.4, -0.2) is 40.8 Å². The van der Waals surface area contributed by atoms with E-state index in [2.05, 4.69) is 42.3 Å². The fourth-order valence-electron chi connectivity index (χ4n) is 10.0. The molecule has 75 heavy (non-hydrogen) atoms. The summed E-state index contributed by atoms with van der Waals surface area (Å²) in [6, 6.07) is 0. The highest BCUT2D eigenvalue weighted by Gasteiger charge is 2.85. The van der Waals surface area contributed by atoms with Crippen molar-refractivity contribution in [3.8, 4) is 0 Å². The molecule has 0 bridgehead atoms. The monoisotopic (exact) mass is 1110 g/mol. The molecule has 0 atom stereocenters. The van der Waals surface area contributed by atoms with Crippen molar-refractivity contribution < 1.29 is 57.1 Å². The number of hydrogen-bond acceptors (Lipinski definition) is 2. The highest BCUT2D eigenvalue weighted by molar-refractivity contribution is 7.87. The molecule has 5 nitrogen and oxygen atoms in total. The molecule has 1 rings (SSSR count). The number of unbranched alkanes of at least 4 members (excludes halogenated alkanes) is 44. The van der Waals surface area contributed by atoms with Crippen LogP contribution in [0.25, 0.3) is 0 Å². The van der Waals surface area contributed by atoms with Crippen molar-refractivity contribution in [1.82, 2.24) is 4.57 Å². The highest BCUT2D eigenvalue weighted by Crippen LogP contribution is 2.54. The van der Waals surface area contributed by atoms with Crippen LogP contribution in [0.4, 0.5) is 39.5 Å². The Balaban J connectivity index is 0.00000273. The summed E-state index contributed by atoms with van der Waals surface area (Å²) in [5.41, 5.74) is 0. The first kappa shape index (κ1) is 73.5. The van der Waals surface area contributed by atoms with Gasteiger partial charge in [0.05, 0.1) is 13.1 Å². The van der Waals surface area contributed by atoms with Crippen molar-refractivity contribution >= 4 is 10.1 Å². The lowest BCUT2D eigenvalue weighted by atomic mass is 10.0. The number of rotatable bonds is 53. The van der Waals surface area contributed by atoms with Crippen LogP contribution in [-0.2, 0) is 29.6 Å². The minimum Gasteiger partial charge on any atom is -0.281 e. The van der Waals surface area contributed by atoms with Crippen LogP contribution < -0.4 is 4.57 Å².